The topological polar surface area (TPSA) is 52.6 Å². The van der Waals surface area contributed by atoms with Crippen molar-refractivity contribution in [3.05, 3.63) is 36.5 Å². The van der Waals surface area contributed by atoms with Crippen LogP contribution in [-0.4, -0.2) is 24.1 Å². The van der Waals surface area contributed by atoms with E-state index in [2.05, 4.69) is 19.7 Å². The van der Waals surface area contributed by atoms with Crippen molar-refractivity contribution in [2.24, 2.45) is 17.8 Å². The minimum atomic E-state index is -0.295. The molecule has 0 aromatic carbocycles. The predicted molar refractivity (Wildman–Crippen MR) is 77.2 cm³/mol. The lowest BCUT2D eigenvalue weighted by Gasteiger charge is -2.20. The number of ether oxygens (including phenoxy) is 2. The van der Waals surface area contributed by atoms with E-state index >= 15 is 0 Å². The van der Waals surface area contributed by atoms with Crippen molar-refractivity contribution in [2.75, 3.05) is 0 Å². The highest BCUT2D eigenvalue weighted by Crippen LogP contribution is 2.51. The maximum Gasteiger partial charge on any atom is 0.334 e. The molecule has 1 saturated heterocycles. The Bertz CT molecular complexity index is 559. The Hall–Kier alpha value is -1.84. The summed E-state index contributed by atoms with van der Waals surface area (Å²) in [4.78, 5) is 22.9. The van der Waals surface area contributed by atoms with Gasteiger partial charge in [-0.25, -0.2) is 4.79 Å². The standard InChI is InChI=1S/C17H20O4/c1-8-5-16-14(10(3)17(19)21-16)6-13-9(2)15(7-12(8)13)20-11(4)18/h12-16H,1-3,5-7H2,4H3. The summed E-state index contributed by atoms with van der Waals surface area (Å²) in [7, 11) is 0. The number of carbonyl (C=O) groups is 2. The zero-order valence-corrected chi connectivity index (χ0v) is 12.3. The SMILES string of the molecule is C=C1C(=O)OC2CC(=C)C3CC(OC(C)=O)C(=C)C3CC12. The lowest BCUT2D eigenvalue weighted by Crippen LogP contribution is -2.19. The van der Waals surface area contributed by atoms with Crippen LogP contribution in [0.15, 0.2) is 36.5 Å². The smallest absolute Gasteiger partial charge is 0.334 e. The molecule has 5 unspecified atom stereocenters. The minimum absolute atomic E-state index is 0.0251. The summed E-state index contributed by atoms with van der Waals surface area (Å²) in [5.74, 6) is -0.125. The average molecular weight is 288 g/mol. The van der Waals surface area contributed by atoms with Gasteiger partial charge < -0.3 is 9.47 Å². The van der Waals surface area contributed by atoms with E-state index in [1.807, 2.05) is 0 Å². The summed E-state index contributed by atoms with van der Waals surface area (Å²) < 4.78 is 10.8. The van der Waals surface area contributed by atoms with Crippen molar-refractivity contribution in [1.29, 1.82) is 0 Å². The molecule has 1 heterocycles. The van der Waals surface area contributed by atoms with Crippen LogP contribution >= 0.6 is 0 Å². The van der Waals surface area contributed by atoms with Crippen LogP contribution in [0.3, 0.4) is 0 Å². The van der Waals surface area contributed by atoms with Crippen LogP contribution < -0.4 is 0 Å². The van der Waals surface area contributed by atoms with Crippen LogP contribution in [0.25, 0.3) is 0 Å². The molecule has 0 bridgehead atoms. The Balaban J connectivity index is 1.85. The number of rotatable bonds is 1. The van der Waals surface area contributed by atoms with E-state index in [0.717, 1.165) is 24.0 Å². The van der Waals surface area contributed by atoms with Gasteiger partial charge in [-0.05, 0) is 30.3 Å². The van der Waals surface area contributed by atoms with E-state index in [0.29, 0.717) is 12.0 Å². The third-order valence-electron chi connectivity index (χ3n) is 5.06. The molecule has 0 N–H and O–H groups in total. The Kier molecular flexibility index (Phi) is 3.27. The van der Waals surface area contributed by atoms with Gasteiger partial charge in [0.1, 0.15) is 12.2 Å². The number of fused-ring (bicyclic) bond motifs is 2. The number of carbonyl (C=O) groups excluding carboxylic acids is 2. The molecule has 5 atom stereocenters. The van der Waals surface area contributed by atoms with E-state index in [9.17, 15) is 9.59 Å². The molecule has 21 heavy (non-hydrogen) atoms. The molecule has 2 aliphatic carbocycles. The maximum absolute atomic E-state index is 11.7. The lowest BCUT2D eigenvalue weighted by atomic mass is 9.83. The Morgan fingerprint density at radius 1 is 1.19 bits per heavy atom. The monoisotopic (exact) mass is 288 g/mol. The first kappa shape index (κ1) is 14.1. The molecule has 1 aliphatic heterocycles. The molecule has 0 aromatic rings. The Morgan fingerprint density at radius 2 is 1.90 bits per heavy atom. The zero-order chi connectivity index (χ0) is 15.3. The van der Waals surface area contributed by atoms with Gasteiger partial charge in [0.15, 0.2) is 0 Å². The molecule has 4 nitrogen and oxygen atoms in total. The van der Waals surface area contributed by atoms with E-state index in [1.54, 1.807) is 0 Å². The summed E-state index contributed by atoms with van der Waals surface area (Å²) >= 11 is 0. The van der Waals surface area contributed by atoms with Crippen molar-refractivity contribution >= 4 is 11.9 Å². The van der Waals surface area contributed by atoms with E-state index < -0.39 is 0 Å². The molecule has 0 spiro atoms. The van der Waals surface area contributed by atoms with Gasteiger partial charge in [0.2, 0.25) is 0 Å². The van der Waals surface area contributed by atoms with Crippen molar-refractivity contribution < 1.29 is 19.1 Å². The van der Waals surface area contributed by atoms with Gasteiger partial charge >= 0.3 is 11.9 Å². The van der Waals surface area contributed by atoms with E-state index in [-0.39, 0.29) is 41.9 Å². The largest absolute Gasteiger partial charge is 0.458 e. The molecule has 0 radical (unpaired) electrons. The van der Waals surface area contributed by atoms with Crippen molar-refractivity contribution in [3.8, 4) is 0 Å². The number of hydrogen-bond acceptors (Lipinski definition) is 4. The molecule has 112 valence electrons. The fraction of sp³-hybridized carbons (Fsp3) is 0.529. The lowest BCUT2D eigenvalue weighted by molar-refractivity contribution is -0.144. The molecule has 0 amide bonds. The van der Waals surface area contributed by atoms with Gasteiger partial charge in [0.25, 0.3) is 0 Å². The van der Waals surface area contributed by atoms with Crippen LogP contribution in [0.4, 0.5) is 0 Å². The molecule has 4 heteroatoms. The van der Waals surface area contributed by atoms with E-state index in [1.165, 1.54) is 6.92 Å². The third kappa shape index (κ3) is 2.23. The quantitative estimate of drug-likeness (QED) is 0.423. The number of esters is 2. The highest BCUT2D eigenvalue weighted by molar-refractivity contribution is 5.90. The molecule has 2 saturated carbocycles. The van der Waals surface area contributed by atoms with Gasteiger partial charge in [-0.15, -0.1) is 0 Å². The maximum atomic E-state index is 11.7. The first-order valence-corrected chi connectivity index (χ1v) is 7.31. The normalized spacial score (nSPS) is 38.6. The van der Waals surface area contributed by atoms with Gasteiger partial charge in [-0.3, -0.25) is 4.79 Å². The third-order valence-corrected chi connectivity index (χ3v) is 5.06. The Labute approximate surface area is 124 Å². The molecular weight excluding hydrogens is 268 g/mol. The fourth-order valence-electron chi connectivity index (χ4n) is 3.97. The molecule has 3 rings (SSSR count). The first-order valence-electron chi connectivity index (χ1n) is 7.31. The van der Waals surface area contributed by atoms with Crippen molar-refractivity contribution in [2.45, 2.75) is 38.4 Å². The highest BCUT2D eigenvalue weighted by Gasteiger charge is 2.49. The van der Waals surface area contributed by atoms with Gasteiger partial charge in [0.05, 0.1) is 0 Å². The van der Waals surface area contributed by atoms with Crippen molar-refractivity contribution in [1.82, 2.24) is 0 Å². The zero-order valence-electron chi connectivity index (χ0n) is 12.3. The molecular formula is C17H20O4. The van der Waals surface area contributed by atoms with Crippen LogP contribution in [-0.2, 0) is 19.1 Å². The summed E-state index contributed by atoms with van der Waals surface area (Å²) in [6.45, 7) is 13.6. The van der Waals surface area contributed by atoms with Crippen LogP contribution in [0.2, 0.25) is 0 Å². The van der Waals surface area contributed by atoms with Crippen LogP contribution in [0.5, 0.6) is 0 Å². The van der Waals surface area contributed by atoms with Gasteiger partial charge in [0, 0.05) is 24.8 Å². The second kappa shape index (κ2) is 4.86. The minimum Gasteiger partial charge on any atom is -0.458 e. The molecule has 3 aliphatic rings. The number of hydrogen-bond donors (Lipinski definition) is 0. The Morgan fingerprint density at radius 3 is 2.57 bits per heavy atom. The van der Waals surface area contributed by atoms with Crippen molar-refractivity contribution in [3.63, 3.8) is 0 Å². The van der Waals surface area contributed by atoms with Gasteiger partial charge in [-0.2, -0.15) is 0 Å². The van der Waals surface area contributed by atoms with Gasteiger partial charge in [-0.1, -0.05) is 25.3 Å². The van der Waals surface area contributed by atoms with Crippen LogP contribution in [0.1, 0.15) is 26.2 Å². The average Bonchev–Trinajstić information content (AvgIpc) is 2.78. The van der Waals surface area contributed by atoms with E-state index in [4.69, 9.17) is 9.47 Å². The first-order chi connectivity index (χ1) is 9.88. The summed E-state index contributed by atoms with van der Waals surface area (Å²) in [6, 6.07) is 0. The summed E-state index contributed by atoms with van der Waals surface area (Å²) in [5.41, 5.74) is 2.55. The second-order valence-electron chi connectivity index (χ2n) is 6.30. The molecule has 0 aromatic heterocycles. The second-order valence-corrected chi connectivity index (χ2v) is 6.30. The molecule has 3 fully saturated rings. The highest BCUT2D eigenvalue weighted by atomic mass is 16.6. The summed E-state index contributed by atoms with van der Waals surface area (Å²) in [5, 5.41) is 0. The van der Waals surface area contributed by atoms with Crippen LogP contribution in [0, 0.1) is 17.8 Å². The predicted octanol–water partition coefficient (Wildman–Crippen LogP) is 2.56. The fourth-order valence-corrected chi connectivity index (χ4v) is 3.97. The summed E-state index contributed by atoms with van der Waals surface area (Å²) in [6.07, 6.45) is 1.80.